The number of aromatic hydroxyl groups is 1. The molecule has 1 amide bonds. The number of rotatable bonds is 5. The van der Waals surface area contributed by atoms with Crippen LogP contribution in [0.15, 0.2) is 83.3 Å². The van der Waals surface area contributed by atoms with Gasteiger partial charge in [-0.3, -0.25) is 4.79 Å². The second-order valence-corrected chi connectivity index (χ2v) is 9.02. The van der Waals surface area contributed by atoms with E-state index in [0.29, 0.717) is 18.0 Å². The fourth-order valence-electron chi connectivity index (χ4n) is 4.04. The Morgan fingerprint density at radius 3 is 2.29 bits per heavy atom. The van der Waals surface area contributed by atoms with Gasteiger partial charge in [0.15, 0.2) is 6.61 Å². The zero-order valence-electron chi connectivity index (χ0n) is 18.6. The summed E-state index contributed by atoms with van der Waals surface area (Å²) in [6.45, 7) is 0.264. The lowest BCUT2D eigenvalue weighted by Crippen LogP contribution is -2.39. The minimum absolute atomic E-state index is 0.0416. The lowest BCUT2D eigenvalue weighted by atomic mass is 9.99. The van der Waals surface area contributed by atoms with Crippen molar-refractivity contribution in [2.45, 2.75) is 6.42 Å². The van der Waals surface area contributed by atoms with Crippen molar-refractivity contribution in [1.29, 1.82) is 5.26 Å². The molecular weight excluding hydrogens is 506 g/mol. The summed E-state index contributed by atoms with van der Waals surface area (Å²) >= 11 is 3.48. The first-order valence-electron chi connectivity index (χ1n) is 11.0. The summed E-state index contributed by atoms with van der Waals surface area (Å²) in [5.41, 5.74) is 5.83. The van der Waals surface area contributed by atoms with Crippen LogP contribution in [-0.2, 0) is 4.79 Å². The predicted molar refractivity (Wildman–Crippen MR) is 138 cm³/mol. The average Bonchev–Trinajstić information content (AvgIpc) is 2.88. The topological polar surface area (TPSA) is 86.5 Å². The monoisotopic (exact) mass is 525 g/mol. The highest BCUT2D eigenvalue weighted by atomic mass is 79.9. The van der Waals surface area contributed by atoms with Crippen LogP contribution in [0.2, 0.25) is 0 Å². The van der Waals surface area contributed by atoms with Crippen molar-refractivity contribution in [3.8, 4) is 51.2 Å². The first kappa shape index (κ1) is 22.6. The Hall–Kier alpha value is -4.15. The fourth-order valence-corrected chi connectivity index (χ4v) is 4.30. The normalized spacial score (nSPS) is 12.6. The molecule has 1 aliphatic rings. The summed E-state index contributed by atoms with van der Waals surface area (Å²) in [7, 11) is 0. The molecule has 4 aromatic rings. The number of phenols is 1. The molecule has 35 heavy (non-hydrogen) atoms. The number of carbonyl (C=O) groups excluding carboxylic acids is 1. The second-order valence-electron chi connectivity index (χ2n) is 8.10. The standard InChI is InChI=1S/C28H20BrN3O3/c29-22-7-2-19(3-8-22)24-14-21(18-4-9-23(33)10-5-18)15-25(31-24)20-6-11-27-26(16-20)32(13-1-12-30)28(34)17-35-27/h2-11,14-16,33H,1,13,17H2. The smallest absolute Gasteiger partial charge is 0.265 e. The molecule has 3 aromatic carbocycles. The molecule has 2 heterocycles. The predicted octanol–water partition coefficient (Wildman–Crippen LogP) is 6.19. The maximum atomic E-state index is 12.5. The molecule has 0 fully saturated rings. The third-order valence-electron chi connectivity index (χ3n) is 5.81. The number of hydrogen-bond acceptors (Lipinski definition) is 5. The largest absolute Gasteiger partial charge is 0.508 e. The molecule has 5 rings (SSSR count). The Kier molecular flexibility index (Phi) is 6.21. The highest BCUT2D eigenvalue weighted by Gasteiger charge is 2.26. The molecule has 0 aliphatic carbocycles. The molecule has 0 unspecified atom stereocenters. The van der Waals surface area contributed by atoms with Gasteiger partial charge in [-0.2, -0.15) is 5.26 Å². The van der Waals surface area contributed by atoms with E-state index in [4.69, 9.17) is 15.0 Å². The van der Waals surface area contributed by atoms with E-state index >= 15 is 0 Å². The van der Waals surface area contributed by atoms with E-state index < -0.39 is 0 Å². The van der Waals surface area contributed by atoms with E-state index in [0.717, 1.165) is 38.1 Å². The second kappa shape index (κ2) is 9.61. The zero-order valence-corrected chi connectivity index (χ0v) is 20.2. The highest BCUT2D eigenvalue weighted by Crippen LogP contribution is 2.38. The number of aromatic nitrogens is 1. The number of pyridine rings is 1. The van der Waals surface area contributed by atoms with E-state index in [-0.39, 0.29) is 24.7 Å². The van der Waals surface area contributed by atoms with Gasteiger partial charge in [0.25, 0.3) is 5.91 Å². The van der Waals surface area contributed by atoms with Gasteiger partial charge in [0, 0.05) is 22.1 Å². The van der Waals surface area contributed by atoms with E-state index in [2.05, 4.69) is 22.0 Å². The summed E-state index contributed by atoms with van der Waals surface area (Å²) < 4.78 is 6.60. The number of anilines is 1. The van der Waals surface area contributed by atoms with Crippen molar-refractivity contribution < 1.29 is 14.6 Å². The van der Waals surface area contributed by atoms with Gasteiger partial charge in [0.2, 0.25) is 0 Å². The van der Waals surface area contributed by atoms with Crippen molar-refractivity contribution in [3.05, 3.63) is 83.3 Å². The van der Waals surface area contributed by atoms with Gasteiger partial charge in [-0.05, 0) is 65.7 Å². The number of phenolic OH excluding ortho intramolecular Hbond substituents is 1. The number of nitrogens with zero attached hydrogens (tertiary/aromatic N) is 3. The zero-order chi connectivity index (χ0) is 24.4. The molecule has 0 saturated heterocycles. The Morgan fingerprint density at radius 1 is 0.914 bits per heavy atom. The van der Waals surface area contributed by atoms with Crippen molar-refractivity contribution in [2.75, 3.05) is 18.1 Å². The first-order valence-corrected chi connectivity index (χ1v) is 11.8. The molecule has 1 N–H and O–H groups in total. The van der Waals surface area contributed by atoms with Gasteiger partial charge < -0.3 is 14.7 Å². The summed E-state index contributed by atoms with van der Waals surface area (Å²) in [6, 6.07) is 26.7. The number of halogens is 1. The van der Waals surface area contributed by atoms with Gasteiger partial charge in [-0.15, -0.1) is 0 Å². The molecule has 0 saturated carbocycles. The number of fused-ring (bicyclic) bond motifs is 1. The molecule has 6 nitrogen and oxygen atoms in total. The fraction of sp³-hybridized carbons (Fsp3) is 0.107. The lowest BCUT2D eigenvalue weighted by molar-refractivity contribution is -0.121. The molecule has 0 radical (unpaired) electrons. The average molecular weight is 526 g/mol. The van der Waals surface area contributed by atoms with Crippen molar-refractivity contribution in [3.63, 3.8) is 0 Å². The van der Waals surface area contributed by atoms with Gasteiger partial charge in [-0.25, -0.2) is 4.98 Å². The Morgan fingerprint density at radius 2 is 1.57 bits per heavy atom. The third kappa shape index (κ3) is 4.75. The van der Waals surface area contributed by atoms with E-state index in [9.17, 15) is 9.90 Å². The van der Waals surface area contributed by atoms with E-state index in [1.807, 2.05) is 66.7 Å². The molecule has 172 valence electrons. The van der Waals surface area contributed by atoms with Crippen molar-refractivity contribution in [1.82, 2.24) is 4.98 Å². The number of nitriles is 1. The molecule has 1 aromatic heterocycles. The lowest BCUT2D eigenvalue weighted by Gasteiger charge is -2.29. The van der Waals surface area contributed by atoms with E-state index in [1.165, 1.54) is 0 Å². The number of carbonyl (C=O) groups is 1. The Balaban J connectivity index is 1.64. The van der Waals surface area contributed by atoms with Gasteiger partial charge in [0.05, 0.1) is 29.6 Å². The van der Waals surface area contributed by atoms with Crippen LogP contribution < -0.4 is 9.64 Å². The van der Waals surface area contributed by atoms with Crippen LogP contribution in [-0.4, -0.2) is 29.1 Å². The SMILES string of the molecule is N#CCCN1C(=O)COc2ccc(-c3cc(-c4ccc(O)cc4)cc(-c4ccc(Br)cc4)n3)cc21. The van der Waals surface area contributed by atoms with Crippen molar-refractivity contribution >= 4 is 27.5 Å². The molecule has 0 bridgehead atoms. The summed E-state index contributed by atoms with van der Waals surface area (Å²) in [5, 5.41) is 18.8. The minimum Gasteiger partial charge on any atom is -0.508 e. The molecule has 7 heteroatoms. The summed E-state index contributed by atoms with van der Waals surface area (Å²) in [5.74, 6) is 0.633. The quantitative estimate of drug-likeness (QED) is 0.335. The van der Waals surface area contributed by atoms with Gasteiger partial charge in [-0.1, -0.05) is 40.2 Å². The van der Waals surface area contributed by atoms with Gasteiger partial charge in [0.1, 0.15) is 11.5 Å². The molecule has 1 aliphatic heterocycles. The first-order chi connectivity index (χ1) is 17.0. The number of ether oxygens (including phenoxy) is 1. The summed E-state index contributed by atoms with van der Waals surface area (Å²) in [6.07, 6.45) is 0.234. The van der Waals surface area contributed by atoms with E-state index in [1.54, 1.807) is 17.0 Å². The Labute approximate surface area is 211 Å². The minimum atomic E-state index is -0.175. The van der Waals surface area contributed by atoms with Crippen LogP contribution in [0.5, 0.6) is 11.5 Å². The van der Waals surface area contributed by atoms with Crippen LogP contribution in [0.3, 0.4) is 0 Å². The third-order valence-corrected chi connectivity index (χ3v) is 6.34. The number of benzene rings is 3. The van der Waals surface area contributed by atoms with Crippen LogP contribution in [0.25, 0.3) is 33.6 Å². The number of amides is 1. The Bertz CT molecular complexity index is 1380. The van der Waals surface area contributed by atoms with Gasteiger partial charge >= 0.3 is 0 Å². The van der Waals surface area contributed by atoms with Crippen LogP contribution in [0.1, 0.15) is 6.42 Å². The maximum Gasteiger partial charge on any atom is 0.265 e. The molecular formula is C28H20BrN3O3. The molecule has 0 atom stereocenters. The number of hydrogen-bond donors (Lipinski definition) is 1. The van der Waals surface area contributed by atoms with Crippen LogP contribution in [0, 0.1) is 11.3 Å². The van der Waals surface area contributed by atoms with Crippen molar-refractivity contribution in [2.24, 2.45) is 0 Å². The van der Waals surface area contributed by atoms with Crippen LogP contribution in [0.4, 0.5) is 5.69 Å². The maximum absolute atomic E-state index is 12.5. The summed E-state index contributed by atoms with van der Waals surface area (Å²) in [4.78, 5) is 19.0. The highest BCUT2D eigenvalue weighted by molar-refractivity contribution is 9.10. The van der Waals surface area contributed by atoms with Crippen LogP contribution >= 0.6 is 15.9 Å². The molecule has 0 spiro atoms.